The fourth-order valence-corrected chi connectivity index (χ4v) is 5.10. The van der Waals surface area contributed by atoms with Crippen LogP contribution in [0.5, 0.6) is 5.75 Å². The largest absolute Gasteiger partial charge is 0.497 e. The van der Waals surface area contributed by atoms with Gasteiger partial charge in [-0.25, -0.2) is 4.98 Å². The maximum absolute atomic E-state index is 13.4. The number of thiazole rings is 1. The SMILES string of the molecule is COc1ccc(CC(=O)N(CCN2CCOCC2)c2nc3ccc(SC)cc3s2)cc1. The maximum Gasteiger partial charge on any atom is 0.233 e. The number of carbonyl (C=O) groups excluding carboxylic acids is 1. The zero-order valence-corrected chi connectivity index (χ0v) is 19.5. The average molecular weight is 458 g/mol. The molecule has 4 rings (SSSR count). The van der Waals surface area contributed by atoms with Crippen molar-refractivity contribution >= 4 is 44.4 Å². The third-order valence-corrected chi connectivity index (χ3v) is 7.14. The van der Waals surface area contributed by atoms with E-state index < -0.39 is 0 Å². The number of hydrogen-bond donors (Lipinski definition) is 0. The molecule has 3 aromatic rings. The highest BCUT2D eigenvalue weighted by molar-refractivity contribution is 7.98. The number of amides is 1. The van der Waals surface area contributed by atoms with Gasteiger partial charge in [0.15, 0.2) is 5.13 Å². The number of anilines is 1. The second kappa shape index (κ2) is 10.5. The summed E-state index contributed by atoms with van der Waals surface area (Å²) < 4.78 is 11.8. The summed E-state index contributed by atoms with van der Waals surface area (Å²) in [6, 6.07) is 13.9. The minimum absolute atomic E-state index is 0.0579. The molecule has 0 aliphatic carbocycles. The molecule has 1 aliphatic heterocycles. The lowest BCUT2D eigenvalue weighted by atomic mass is 10.1. The molecule has 2 aromatic carbocycles. The highest BCUT2D eigenvalue weighted by Crippen LogP contribution is 2.32. The first kappa shape index (κ1) is 22.1. The third kappa shape index (κ3) is 5.57. The lowest BCUT2D eigenvalue weighted by molar-refractivity contribution is -0.118. The lowest BCUT2D eigenvalue weighted by Crippen LogP contribution is -2.43. The van der Waals surface area contributed by atoms with Crippen molar-refractivity contribution in [2.24, 2.45) is 0 Å². The third-order valence-electron chi connectivity index (χ3n) is 5.37. The van der Waals surface area contributed by atoms with Gasteiger partial charge in [0.2, 0.25) is 5.91 Å². The van der Waals surface area contributed by atoms with Gasteiger partial charge in [0, 0.05) is 31.1 Å². The molecule has 0 bridgehead atoms. The quantitative estimate of drug-likeness (QED) is 0.478. The number of carbonyl (C=O) groups is 1. The van der Waals surface area contributed by atoms with E-state index >= 15 is 0 Å². The van der Waals surface area contributed by atoms with Crippen LogP contribution >= 0.6 is 23.1 Å². The molecule has 1 fully saturated rings. The Hall–Kier alpha value is -2.13. The first-order valence-electron chi connectivity index (χ1n) is 10.3. The van der Waals surface area contributed by atoms with Gasteiger partial charge in [0.1, 0.15) is 5.75 Å². The van der Waals surface area contributed by atoms with Crippen molar-refractivity contribution in [1.29, 1.82) is 0 Å². The van der Waals surface area contributed by atoms with Crippen LogP contribution in [0.4, 0.5) is 5.13 Å². The minimum atomic E-state index is 0.0579. The second-order valence-corrected chi connectivity index (χ2v) is 9.24. The number of aromatic nitrogens is 1. The summed E-state index contributed by atoms with van der Waals surface area (Å²) in [5.41, 5.74) is 1.90. The molecule has 0 atom stereocenters. The van der Waals surface area contributed by atoms with Gasteiger partial charge in [-0.1, -0.05) is 23.5 Å². The zero-order valence-electron chi connectivity index (χ0n) is 17.9. The molecule has 0 unspecified atom stereocenters. The van der Waals surface area contributed by atoms with E-state index in [1.54, 1.807) is 30.2 Å². The Labute approximate surface area is 191 Å². The Kier molecular flexibility index (Phi) is 7.45. The van der Waals surface area contributed by atoms with Crippen LogP contribution in [0.2, 0.25) is 0 Å². The van der Waals surface area contributed by atoms with E-state index in [1.165, 1.54) is 4.90 Å². The van der Waals surface area contributed by atoms with E-state index in [4.69, 9.17) is 14.5 Å². The molecule has 6 nitrogen and oxygen atoms in total. The van der Waals surface area contributed by atoms with Gasteiger partial charge >= 0.3 is 0 Å². The molecule has 1 saturated heterocycles. The molecule has 0 radical (unpaired) electrons. The number of rotatable bonds is 8. The summed E-state index contributed by atoms with van der Waals surface area (Å²) in [6.45, 7) is 4.72. The number of ether oxygens (including phenoxy) is 2. The van der Waals surface area contributed by atoms with Crippen LogP contribution in [0, 0.1) is 0 Å². The van der Waals surface area contributed by atoms with Crippen LogP contribution in [0.1, 0.15) is 5.56 Å². The molecule has 1 aliphatic rings. The molecule has 0 spiro atoms. The van der Waals surface area contributed by atoms with Gasteiger partial charge in [-0.2, -0.15) is 0 Å². The summed E-state index contributed by atoms with van der Waals surface area (Å²) in [5.74, 6) is 0.846. The highest BCUT2D eigenvalue weighted by Gasteiger charge is 2.22. The van der Waals surface area contributed by atoms with Crippen molar-refractivity contribution < 1.29 is 14.3 Å². The Balaban J connectivity index is 1.55. The molecule has 2 heterocycles. The zero-order chi connectivity index (χ0) is 21.6. The Bertz CT molecular complexity index is 1020. The van der Waals surface area contributed by atoms with E-state index in [0.29, 0.717) is 13.0 Å². The van der Waals surface area contributed by atoms with Gasteiger partial charge in [-0.3, -0.25) is 14.6 Å². The molecule has 0 N–H and O–H groups in total. The maximum atomic E-state index is 13.4. The summed E-state index contributed by atoms with van der Waals surface area (Å²) in [5, 5.41) is 0.764. The normalized spacial score (nSPS) is 14.6. The highest BCUT2D eigenvalue weighted by atomic mass is 32.2. The van der Waals surface area contributed by atoms with Gasteiger partial charge in [-0.05, 0) is 42.2 Å². The van der Waals surface area contributed by atoms with Crippen LogP contribution < -0.4 is 9.64 Å². The number of fused-ring (bicyclic) bond motifs is 1. The predicted octanol–water partition coefficient (Wildman–Crippen LogP) is 3.93. The number of methoxy groups -OCH3 is 1. The van der Waals surface area contributed by atoms with E-state index in [-0.39, 0.29) is 5.91 Å². The summed E-state index contributed by atoms with van der Waals surface area (Å²) in [7, 11) is 1.64. The number of thioether (sulfide) groups is 1. The summed E-state index contributed by atoms with van der Waals surface area (Å²) in [4.78, 5) is 23.5. The molecular formula is C23H27N3O3S2. The van der Waals surface area contributed by atoms with Crippen LogP contribution in [-0.4, -0.2) is 68.5 Å². The van der Waals surface area contributed by atoms with Crippen molar-refractivity contribution in [2.75, 3.05) is 57.7 Å². The van der Waals surface area contributed by atoms with Crippen LogP contribution in [0.15, 0.2) is 47.4 Å². The Morgan fingerprint density at radius 2 is 2.00 bits per heavy atom. The lowest BCUT2D eigenvalue weighted by Gasteiger charge is -2.29. The second-order valence-electron chi connectivity index (χ2n) is 7.35. The van der Waals surface area contributed by atoms with Crippen molar-refractivity contribution in [3.8, 4) is 5.75 Å². The van der Waals surface area contributed by atoms with Gasteiger partial charge in [0.05, 0.1) is 37.0 Å². The number of nitrogens with zero attached hydrogens (tertiary/aromatic N) is 3. The van der Waals surface area contributed by atoms with Gasteiger partial charge in [-0.15, -0.1) is 11.8 Å². The van der Waals surface area contributed by atoms with Crippen molar-refractivity contribution in [1.82, 2.24) is 9.88 Å². The molecule has 0 saturated carbocycles. The van der Waals surface area contributed by atoms with E-state index in [1.807, 2.05) is 35.2 Å². The fraction of sp³-hybridized carbons (Fsp3) is 0.391. The van der Waals surface area contributed by atoms with Crippen molar-refractivity contribution in [2.45, 2.75) is 11.3 Å². The van der Waals surface area contributed by atoms with E-state index in [2.05, 4.69) is 23.3 Å². The average Bonchev–Trinajstić information content (AvgIpc) is 3.23. The van der Waals surface area contributed by atoms with Crippen molar-refractivity contribution in [3.63, 3.8) is 0 Å². The molecule has 8 heteroatoms. The Morgan fingerprint density at radius 1 is 1.23 bits per heavy atom. The predicted molar refractivity (Wildman–Crippen MR) is 128 cm³/mol. The molecule has 164 valence electrons. The Morgan fingerprint density at radius 3 is 2.71 bits per heavy atom. The number of benzene rings is 2. The van der Waals surface area contributed by atoms with E-state index in [0.717, 1.165) is 59.5 Å². The number of hydrogen-bond acceptors (Lipinski definition) is 7. The topological polar surface area (TPSA) is 54.9 Å². The van der Waals surface area contributed by atoms with Crippen molar-refractivity contribution in [3.05, 3.63) is 48.0 Å². The monoisotopic (exact) mass is 457 g/mol. The minimum Gasteiger partial charge on any atom is -0.497 e. The van der Waals surface area contributed by atoms with Crippen LogP contribution in [-0.2, 0) is 16.0 Å². The van der Waals surface area contributed by atoms with Crippen LogP contribution in [0.25, 0.3) is 10.2 Å². The summed E-state index contributed by atoms with van der Waals surface area (Å²) >= 11 is 3.29. The molecular weight excluding hydrogens is 430 g/mol. The molecule has 31 heavy (non-hydrogen) atoms. The van der Waals surface area contributed by atoms with Crippen LogP contribution in [0.3, 0.4) is 0 Å². The molecule has 1 aromatic heterocycles. The fourth-order valence-electron chi connectivity index (χ4n) is 3.54. The smallest absolute Gasteiger partial charge is 0.233 e. The van der Waals surface area contributed by atoms with Gasteiger partial charge in [0.25, 0.3) is 0 Å². The van der Waals surface area contributed by atoms with E-state index in [9.17, 15) is 4.79 Å². The first-order chi connectivity index (χ1) is 15.2. The summed E-state index contributed by atoms with van der Waals surface area (Å²) in [6.07, 6.45) is 2.40. The standard InChI is InChI=1S/C23H27N3O3S2/c1-28-18-5-3-17(4-6-18)15-22(27)26(10-9-25-11-13-29-14-12-25)23-24-20-8-7-19(30-2)16-21(20)31-23/h3-8,16H,9-15H2,1-2H3. The number of morpholine rings is 1. The first-order valence-corrected chi connectivity index (χ1v) is 12.4. The molecule has 1 amide bonds. The van der Waals surface area contributed by atoms with Gasteiger partial charge < -0.3 is 9.47 Å².